The van der Waals surface area contributed by atoms with E-state index in [0.717, 1.165) is 24.1 Å². The molecule has 0 bridgehead atoms. The van der Waals surface area contributed by atoms with Gasteiger partial charge in [0.25, 0.3) is 0 Å². The Kier molecular flexibility index (Phi) is 6.28. The van der Waals surface area contributed by atoms with E-state index >= 15 is 0 Å². The van der Waals surface area contributed by atoms with Crippen LogP contribution in [-0.2, 0) is 4.18 Å². The zero-order chi connectivity index (χ0) is 4.83. The molecule has 0 amide bonds. The minimum Gasteiger partial charge on any atom is -0.305 e. The first-order valence-corrected chi connectivity index (χ1v) is 3.64. The van der Waals surface area contributed by atoms with Gasteiger partial charge in [-0.15, -0.1) is 0 Å². The quantitative estimate of drug-likeness (QED) is 0.266. The predicted molar refractivity (Wildman–Crippen MR) is 32.8 cm³/mol. The van der Waals surface area contributed by atoms with Gasteiger partial charge in [0.15, 0.2) is 0 Å². The molecule has 0 aliphatic carbocycles. The summed E-state index contributed by atoms with van der Waals surface area (Å²) in [6.07, 6.45) is 1.06. The molecule has 0 saturated carbocycles. The number of hydrogen-bond donors (Lipinski definition) is 1. The Morgan fingerprint density at radius 2 is 2.50 bits per heavy atom. The summed E-state index contributed by atoms with van der Waals surface area (Å²) < 4.78 is 4.76. The van der Waals surface area contributed by atoms with E-state index in [-0.39, 0.29) is 0 Å². The normalized spacial score (nSPS) is 9.00. The summed E-state index contributed by atoms with van der Waals surface area (Å²) in [5.74, 6) is 0. The lowest BCUT2D eigenvalue weighted by atomic mass is 10.5. The van der Waals surface area contributed by atoms with Crippen LogP contribution >= 0.6 is 22.7 Å². The lowest BCUT2D eigenvalue weighted by Crippen LogP contribution is -1.76. The molecule has 0 radical (unpaired) electrons. The van der Waals surface area contributed by atoms with E-state index in [9.17, 15) is 0 Å². The van der Waals surface area contributed by atoms with E-state index in [1.165, 1.54) is 0 Å². The minimum absolute atomic E-state index is 0.800. The molecule has 38 valence electrons. The van der Waals surface area contributed by atoms with Crippen molar-refractivity contribution in [2.24, 2.45) is 0 Å². The average Bonchev–Trinajstić information content (AvgIpc) is 1.61. The highest BCUT2D eigenvalue weighted by Gasteiger charge is 1.74. The van der Waals surface area contributed by atoms with E-state index in [4.69, 9.17) is 4.18 Å². The van der Waals surface area contributed by atoms with Gasteiger partial charge >= 0.3 is 0 Å². The van der Waals surface area contributed by atoms with Crippen LogP contribution in [0.2, 0.25) is 0 Å². The molecule has 0 atom stereocenters. The lowest BCUT2D eigenvalue weighted by Gasteiger charge is -1.88. The van der Waals surface area contributed by atoms with Crippen molar-refractivity contribution in [3.63, 3.8) is 0 Å². The molecule has 0 rings (SSSR count). The van der Waals surface area contributed by atoms with Crippen molar-refractivity contribution < 1.29 is 4.18 Å². The van der Waals surface area contributed by atoms with E-state index in [2.05, 4.69) is 18.6 Å². The largest absolute Gasteiger partial charge is 0.305 e. The predicted octanol–water partition coefficient (Wildman–Crippen LogP) is 1.91. The highest BCUT2D eigenvalue weighted by atomic mass is 33.1. The fourth-order valence-electron chi connectivity index (χ4n) is 0.121. The van der Waals surface area contributed by atoms with Gasteiger partial charge in [-0.25, -0.2) is 0 Å². The molecule has 3 heteroatoms. The molecule has 0 aromatic carbocycles. The maximum Gasteiger partial charge on any atom is 0.0621 e. The van der Waals surface area contributed by atoms with Crippen molar-refractivity contribution in [1.29, 1.82) is 0 Å². The van der Waals surface area contributed by atoms with Crippen molar-refractivity contribution in [3.05, 3.63) is 0 Å². The second kappa shape index (κ2) is 5.66. The van der Waals surface area contributed by atoms with Gasteiger partial charge in [-0.2, -0.15) is 0 Å². The van der Waals surface area contributed by atoms with Crippen LogP contribution in [0.1, 0.15) is 13.3 Å². The van der Waals surface area contributed by atoms with Crippen LogP contribution in [0.3, 0.4) is 0 Å². The smallest absolute Gasteiger partial charge is 0.0621 e. The monoisotopic (exact) mass is 124 g/mol. The van der Waals surface area contributed by atoms with Crippen LogP contribution in [0.15, 0.2) is 0 Å². The molecule has 0 aliphatic rings. The molecule has 0 aromatic rings. The summed E-state index contributed by atoms with van der Waals surface area (Å²) in [6, 6.07) is 0. The van der Waals surface area contributed by atoms with Crippen molar-refractivity contribution in [3.8, 4) is 0 Å². The Bertz CT molecular complexity index is 20.8. The molecule has 6 heavy (non-hydrogen) atoms. The van der Waals surface area contributed by atoms with Gasteiger partial charge in [-0.05, 0) is 6.42 Å². The first kappa shape index (κ1) is 6.66. The molecule has 0 aromatic heterocycles. The molecule has 0 unspecified atom stereocenters. The summed E-state index contributed by atoms with van der Waals surface area (Å²) in [5.41, 5.74) is 0. The highest BCUT2D eigenvalue weighted by molar-refractivity contribution is 8.66. The van der Waals surface area contributed by atoms with Crippen molar-refractivity contribution >= 4 is 22.7 Å². The maximum atomic E-state index is 4.76. The molecular formula is C3H8OS2. The van der Waals surface area contributed by atoms with Crippen molar-refractivity contribution in [1.82, 2.24) is 0 Å². The summed E-state index contributed by atoms with van der Waals surface area (Å²) in [7, 11) is 0. The van der Waals surface area contributed by atoms with Gasteiger partial charge in [0, 0.05) is 0 Å². The Morgan fingerprint density at radius 1 is 1.83 bits per heavy atom. The van der Waals surface area contributed by atoms with Gasteiger partial charge in [0.1, 0.15) is 0 Å². The standard InChI is InChI=1S/C3H8OS2/c1-2-3-4-6-5/h5H,2-3H2,1H3. The molecule has 0 N–H and O–H groups in total. The van der Waals surface area contributed by atoms with Crippen LogP contribution in [0, 0.1) is 0 Å². The fraction of sp³-hybridized carbons (Fsp3) is 1.00. The first-order chi connectivity index (χ1) is 2.91. The van der Waals surface area contributed by atoms with Crippen LogP contribution in [0.4, 0.5) is 0 Å². The third-order valence-electron chi connectivity index (χ3n) is 0.340. The van der Waals surface area contributed by atoms with Crippen LogP contribution < -0.4 is 0 Å². The highest BCUT2D eigenvalue weighted by Crippen LogP contribution is 2.05. The third kappa shape index (κ3) is 4.66. The first-order valence-electron chi connectivity index (χ1n) is 1.85. The fourth-order valence-corrected chi connectivity index (χ4v) is 0.585. The summed E-state index contributed by atoms with van der Waals surface area (Å²) in [5, 5.41) is 0. The van der Waals surface area contributed by atoms with Crippen molar-refractivity contribution in [2.75, 3.05) is 6.61 Å². The summed E-state index contributed by atoms with van der Waals surface area (Å²) in [4.78, 5) is 0. The van der Waals surface area contributed by atoms with Gasteiger partial charge < -0.3 is 4.18 Å². The zero-order valence-electron chi connectivity index (χ0n) is 3.68. The van der Waals surface area contributed by atoms with E-state index < -0.39 is 0 Å². The van der Waals surface area contributed by atoms with Crippen LogP contribution in [-0.4, -0.2) is 6.61 Å². The number of thiol groups is 1. The topological polar surface area (TPSA) is 9.23 Å². The van der Waals surface area contributed by atoms with E-state index in [1.807, 2.05) is 0 Å². The molecule has 1 nitrogen and oxygen atoms in total. The Labute approximate surface area is 47.5 Å². The van der Waals surface area contributed by atoms with E-state index in [1.54, 1.807) is 0 Å². The number of rotatable bonds is 3. The second-order valence-corrected chi connectivity index (χ2v) is 1.73. The van der Waals surface area contributed by atoms with Crippen LogP contribution in [0.5, 0.6) is 0 Å². The van der Waals surface area contributed by atoms with Crippen LogP contribution in [0.25, 0.3) is 0 Å². The third-order valence-corrected chi connectivity index (χ3v) is 0.928. The SMILES string of the molecule is CCCOSS. The Morgan fingerprint density at radius 3 is 2.67 bits per heavy atom. The summed E-state index contributed by atoms with van der Waals surface area (Å²) >= 11 is 4.87. The molecule has 0 spiro atoms. The summed E-state index contributed by atoms with van der Waals surface area (Å²) in [6.45, 7) is 2.86. The zero-order valence-corrected chi connectivity index (χ0v) is 5.39. The second-order valence-electron chi connectivity index (χ2n) is 0.897. The van der Waals surface area contributed by atoms with Gasteiger partial charge in [0.05, 0.1) is 17.7 Å². The molecule has 0 fully saturated rings. The van der Waals surface area contributed by atoms with Crippen molar-refractivity contribution in [2.45, 2.75) is 13.3 Å². The minimum atomic E-state index is 0.800. The maximum absolute atomic E-state index is 4.76. The Balaban J connectivity index is 2.34. The molecular weight excluding hydrogens is 116 g/mol. The van der Waals surface area contributed by atoms with Gasteiger partial charge in [-0.3, -0.25) is 0 Å². The lowest BCUT2D eigenvalue weighted by molar-refractivity contribution is 0.379. The molecule has 0 aliphatic heterocycles. The molecule has 0 saturated heterocycles. The van der Waals surface area contributed by atoms with Gasteiger partial charge in [0.2, 0.25) is 0 Å². The van der Waals surface area contributed by atoms with E-state index in [0.29, 0.717) is 0 Å². The molecule has 0 heterocycles. The number of hydrogen-bond acceptors (Lipinski definition) is 3. The Hall–Kier alpha value is 0.660. The van der Waals surface area contributed by atoms with Gasteiger partial charge in [-0.1, -0.05) is 18.6 Å². The average molecular weight is 124 g/mol.